The van der Waals surface area contributed by atoms with E-state index in [1.807, 2.05) is 0 Å². The predicted octanol–water partition coefficient (Wildman–Crippen LogP) is 0.829. The van der Waals surface area contributed by atoms with Gasteiger partial charge in [-0.15, -0.1) is 4.91 Å². The maximum Gasteiger partial charge on any atom is 0.263 e. The van der Waals surface area contributed by atoms with E-state index in [1.54, 1.807) is 30.6 Å². The fourth-order valence-corrected chi connectivity index (χ4v) is 0.974. The molecule has 0 aliphatic rings. The van der Waals surface area contributed by atoms with E-state index in [2.05, 4.69) is 15.5 Å². The summed E-state index contributed by atoms with van der Waals surface area (Å²) < 4.78 is 0. The van der Waals surface area contributed by atoms with Gasteiger partial charge in [0.25, 0.3) is 5.91 Å². The first-order valence-electron chi connectivity index (χ1n) is 4.37. The standard InChI is InChI=1S/C10H8N4O2/c11-6-9(10(15)13-7-14-16)5-8-1-3-12-4-2-8/h1-5H,7H2,(H,13,15)/b9-5+. The second kappa shape index (κ2) is 6.03. The lowest BCUT2D eigenvalue weighted by molar-refractivity contribution is -0.116. The van der Waals surface area contributed by atoms with Crippen LogP contribution < -0.4 is 5.32 Å². The van der Waals surface area contributed by atoms with Crippen molar-refractivity contribution < 1.29 is 4.79 Å². The summed E-state index contributed by atoms with van der Waals surface area (Å²) in [6.07, 6.45) is 4.50. The van der Waals surface area contributed by atoms with Crippen LogP contribution in [0.2, 0.25) is 0 Å². The van der Waals surface area contributed by atoms with Gasteiger partial charge in [0.15, 0.2) is 6.67 Å². The van der Waals surface area contributed by atoms with Crippen molar-refractivity contribution in [1.29, 1.82) is 5.26 Å². The highest BCUT2D eigenvalue weighted by molar-refractivity contribution is 6.01. The monoisotopic (exact) mass is 216 g/mol. The molecular formula is C10H8N4O2. The Labute approximate surface area is 91.6 Å². The van der Waals surface area contributed by atoms with Gasteiger partial charge in [-0.05, 0) is 28.9 Å². The molecule has 0 spiro atoms. The number of aromatic nitrogens is 1. The minimum absolute atomic E-state index is 0.0881. The van der Waals surface area contributed by atoms with Crippen LogP contribution in [0.3, 0.4) is 0 Å². The molecule has 6 heteroatoms. The Morgan fingerprint density at radius 1 is 1.56 bits per heavy atom. The van der Waals surface area contributed by atoms with Crippen molar-refractivity contribution >= 4 is 12.0 Å². The third-order valence-electron chi connectivity index (χ3n) is 1.69. The number of nitrogens with one attached hydrogen (secondary N) is 1. The summed E-state index contributed by atoms with van der Waals surface area (Å²) in [5, 5.41) is 13.4. The van der Waals surface area contributed by atoms with Crippen molar-refractivity contribution in [3.8, 4) is 6.07 Å². The summed E-state index contributed by atoms with van der Waals surface area (Å²) in [6, 6.07) is 5.05. The molecule has 1 heterocycles. The first-order valence-corrected chi connectivity index (χ1v) is 4.37. The number of pyridine rings is 1. The van der Waals surface area contributed by atoms with Crippen LogP contribution in [0.5, 0.6) is 0 Å². The molecule has 1 rings (SSSR count). The van der Waals surface area contributed by atoms with E-state index < -0.39 is 5.91 Å². The van der Waals surface area contributed by atoms with Gasteiger partial charge >= 0.3 is 0 Å². The summed E-state index contributed by atoms with van der Waals surface area (Å²) in [7, 11) is 0. The Hall–Kier alpha value is -2.55. The Kier molecular flexibility index (Phi) is 4.34. The normalized spacial score (nSPS) is 10.3. The molecule has 0 saturated heterocycles. The fourth-order valence-electron chi connectivity index (χ4n) is 0.974. The first-order chi connectivity index (χ1) is 7.77. The van der Waals surface area contributed by atoms with Gasteiger partial charge in [-0.3, -0.25) is 9.78 Å². The van der Waals surface area contributed by atoms with Crippen LogP contribution >= 0.6 is 0 Å². The van der Waals surface area contributed by atoms with Gasteiger partial charge in [0.2, 0.25) is 0 Å². The molecule has 0 fully saturated rings. The molecule has 1 aromatic heterocycles. The third-order valence-corrected chi connectivity index (χ3v) is 1.69. The lowest BCUT2D eigenvalue weighted by atomic mass is 10.1. The number of amides is 1. The molecule has 1 amide bonds. The molecular weight excluding hydrogens is 208 g/mol. The molecule has 1 N–H and O–H groups in total. The van der Waals surface area contributed by atoms with Crippen LogP contribution in [-0.4, -0.2) is 17.6 Å². The number of nitriles is 1. The van der Waals surface area contributed by atoms with Crippen molar-refractivity contribution in [1.82, 2.24) is 10.3 Å². The second-order valence-corrected chi connectivity index (χ2v) is 2.74. The van der Waals surface area contributed by atoms with E-state index in [0.29, 0.717) is 5.56 Å². The van der Waals surface area contributed by atoms with Gasteiger partial charge in [-0.1, -0.05) is 0 Å². The van der Waals surface area contributed by atoms with E-state index in [-0.39, 0.29) is 12.2 Å². The SMILES string of the molecule is N#C/C(=C\c1ccncc1)C(=O)NCN=O. The van der Waals surface area contributed by atoms with Crippen LogP contribution in [0.4, 0.5) is 0 Å². The number of carbonyl (C=O) groups is 1. The van der Waals surface area contributed by atoms with Gasteiger partial charge in [-0.2, -0.15) is 5.26 Å². The fraction of sp³-hybridized carbons (Fsp3) is 0.100. The minimum Gasteiger partial charge on any atom is -0.329 e. The zero-order valence-electron chi connectivity index (χ0n) is 8.25. The quantitative estimate of drug-likeness (QED) is 0.458. The maximum atomic E-state index is 11.3. The molecule has 1 aromatic rings. The summed E-state index contributed by atoms with van der Waals surface area (Å²) in [5.74, 6) is -0.626. The number of carbonyl (C=O) groups excluding carboxylic acids is 1. The second-order valence-electron chi connectivity index (χ2n) is 2.74. The highest BCUT2D eigenvalue weighted by Gasteiger charge is 2.07. The predicted molar refractivity (Wildman–Crippen MR) is 56.6 cm³/mol. The highest BCUT2D eigenvalue weighted by atomic mass is 16.3. The van der Waals surface area contributed by atoms with Crippen LogP contribution in [-0.2, 0) is 4.79 Å². The lowest BCUT2D eigenvalue weighted by Gasteiger charge is -1.98. The van der Waals surface area contributed by atoms with Crippen molar-refractivity contribution in [2.24, 2.45) is 5.18 Å². The topological polar surface area (TPSA) is 95.2 Å². The van der Waals surface area contributed by atoms with Crippen molar-refractivity contribution in [2.45, 2.75) is 0 Å². The Bertz CT molecular complexity index is 448. The number of nitrogens with zero attached hydrogens (tertiary/aromatic N) is 3. The van der Waals surface area contributed by atoms with Crippen LogP contribution in [0.25, 0.3) is 6.08 Å². The molecule has 0 bridgehead atoms. The molecule has 0 aromatic carbocycles. The molecule has 0 atom stereocenters. The van der Waals surface area contributed by atoms with Gasteiger partial charge in [-0.25, -0.2) is 0 Å². The van der Waals surface area contributed by atoms with Crippen LogP contribution in [0, 0.1) is 16.2 Å². The Morgan fingerprint density at radius 3 is 2.81 bits per heavy atom. The van der Waals surface area contributed by atoms with E-state index in [0.717, 1.165) is 0 Å². The number of hydrogen-bond acceptors (Lipinski definition) is 5. The summed E-state index contributed by atoms with van der Waals surface area (Å²) >= 11 is 0. The van der Waals surface area contributed by atoms with Gasteiger partial charge < -0.3 is 5.32 Å². The third kappa shape index (κ3) is 3.31. The van der Waals surface area contributed by atoms with Crippen molar-refractivity contribution in [3.05, 3.63) is 40.6 Å². The zero-order chi connectivity index (χ0) is 11.8. The summed E-state index contributed by atoms with van der Waals surface area (Å²) in [5.41, 5.74) is 0.593. The molecule has 80 valence electrons. The summed E-state index contributed by atoms with van der Waals surface area (Å²) in [4.78, 5) is 24.9. The Balaban J connectivity index is 2.83. The molecule has 0 unspecified atom stereocenters. The van der Waals surface area contributed by atoms with E-state index in [9.17, 15) is 9.70 Å². The largest absolute Gasteiger partial charge is 0.329 e. The maximum absolute atomic E-state index is 11.3. The molecule has 0 radical (unpaired) electrons. The number of nitroso groups, excluding NO2 is 1. The molecule has 0 aliphatic heterocycles. The minimum atomic E-state index is -0.626. The smallest absolute Gasteiger partial charge is 0.263 e. The lowest BCUT2D eigenvalue weighted by Crippen LogP contribution is -2.24. The highest BCUT2D eigenvalue weighted by Crippen LogP contribution is 2.04. The average molecular weight is 216 g/mol. The number of hydrogen-bond donors (Lipinski definition) is 1. The number of rotatable bonds is 4. The van der Waals surface area contributed by atoms with Crippen molar-refractivity contribution in [3.63, 3.8) is 0 Å². The van der Waals surface area contributed by atoms with Crippen LogP contribution in [0.1, 0.15) is 5.56 Å². The Morgan fingerprint density at radius 2 is 2.25 bits per heavy atom. The molecule has 16 heavy (non-hydrogen) atoms. The molecule has 0 aliphatic carbocycles. The van der Waals surface area contributed by atoms with Gasteiger partial charge in [0.1, 0.15) is 11.6 Å². The average Bonchev–Trinajstić information content (AvgIpc) is 2.34. The molecule has 6 nitrogen and oxygen atoms in total. The summed E-state index contributed by atoms with van der Waals surface area (Å²) in [6.45, 7) is -0.353. The van der Waals surface area contributed by atoms with Crippen LogP contribution in [0.15, 0.2) is 35.3 Å². The van der Waals surface area contributed by atoms with E-state index in [4.69, 9.17) is 5.26 Å². The first kappa shape index (κ1) is 11.5. The zero-order valence-corrected chi connectivity index (χ0v) is 8.25. The van der Waals surface area contributed by atoms with Gasteiger partial charge in [0.05, 0.1) is 0 Å². The molecule has 0 saturated carbocycles. The van der Waals surface area contributed by atoms with Crippen molar-refractivity contribution in [2.75, 3.05) is 6.67 Å². The van der Waals surface area contributed by atoms with Gasteiger partial charge in [0, 0.05) is 12.4 Å². The van der Waals surface area contributed by atoms with E-state index in [1.165, 1.54) is 6.08 Å². The van der Waals surface area contributed by atoms with E-state index >= 15 is 0 Å².